The number of nitrogens with one attached hydrogen (secondary N) is 2. The number of guanidine groups is 1. The molecule has 30 heavy (non-hydrogen) atoms. The SMILES string of the molecule is CCNC(=NCc1ccc(COCC(F)(F)F)cc1)NCCCCN1CCOCC1. The molecule has 1 saturated heterocycles. The number of nitrogens with zero attached hydrogens (tertiary/aromatic N) is 2. The molecule has 1 aliphatic rings. The molecule has 1 fully saturated rings. The number of aliphatic imine (C=N–C) groups is 1. The van der Waals surface area contributed by atoms with Gasteiger partial charge < -0.3 is 20.1 Å². The average Bonchev–Trinajstić information content (AvgIpc) is 2.72. The van der Waals surface area contributed by atoms with Crippen molar-refractivity contribution in [1.29, 1.82) is 0 Å². The van der Waals surface area contributed by atoms with Crippen LogP contribution >= 0.6 is 0 Å². The summed E-state index contributed by atoms with van der Waals surface area (Å²) >= 11 is 0. The first-order valence-electron chi connectivity index (χ1n) is 10.5. The Labute approximate surface area is 176 Å². The van der Waals surface area contributed by atoms with Crippen molar-refractivity contribution in [3.63, 3.8) is 0 Å². The molecule has 1 heterocycles. The molecule has 1 aromatic carbocycles. The maximum Gasteiger partial charge on any atom is 0.411 e. The van der Waals surface area contributed by atoms with Crippen molar-refractivity contribution >= 4 is 5.96 Å². The second-order valence-electron chi connectivity index (χ2n) is 7.21. The normalized spacial score (nSPS) is 15.9. The summed E-state index contributed by atoms with van der Waals surface area (Å²) in [5, 5.41) is 6.58. The van der Waals surface area contributed by atoms with Gasteiger partial charge in [0.05, 0.1) is 26.4 Å². The average molecular weight is 431 g/mol. The van der Waals surface area contributed by atoms with Crippen molar-refractivity contribution < 1.29 is 22.6 Å². The maximum atomic E-state index is 12.1. The smallest absolute Gasteiger partial charge is 0.379 e. The quantitative estimate of drug-likeness (QED) is 0.321. The van der Waals surface area contributed by atoms with Gasteiger partial charge >= 0.3 is 6.18 Å². The van der Waals surface area contributed by atoms with Crippen LogP contribution in [0.25, 0.3) is 0 Å². The lowest BCUT2D eigenvalue weighted by molar-refractivity contribution is -0.176. The van der Waals surface area contributed by atoms with Gasteiger partial charge in [0.1, 0.15) is 6.61 Å². The van der Waals surface area contributed by atoms with Crippen LogP contribution in [0, 0.1) is 0 Å². The van der Waals surface area contributed by atoms with Gasteiger partial charge in [-0.05, 0) is 37.4 Å². The van der Waals surface area contributed by atoms with E-state index in [1.54, 1.807) is 12.1 Å². The Morgan fingerprint density at radius 1 is 1.10 bits per heavy atom. The topological polar surface area (TPSA) is 58.1 Å². The number of alkyl halides is 3. The van der Waals surface area contributed by atoms with Crippen molar-refractivity contribution in [2.24, 2.45) is 4.99 Å². The first kappa shape index (κ1) is 24.4. The fraction of sp³-hybridized carbons (Fsp3) is 0.667. The van der Waals surface area contributed by atoms with Gasteiger partial charge in [-0.15, -0.1) is 0 Å². The standard InChI is InChI=1S/C21H33F3N4O2/c1-2-25-20(26-9-3-4-10-28-11-13-29-14-12-28)27-15-18-5-7-19(8-6-18)16-30-17-21(22,23)24/h5-8H,2-4,9-17H2,1H3,(H2,25,26,27). The molecule has 170 valence electrons. The van der Waals surface area contributed by atoms with Gasteiger partial charge in [0.15, 0.2) is 5.96 Å². The number of benzene rings is 1. The first-order valence-corrected chi connectivity index (χ1v) is 10.5. The Morgan fingerprint density at radius 3 is 2.47 bits per heavy atom. The highest BCUT2D eigenvalue weighted by Crippen LogP contribution is 2.16. The van der Waals surface area contributed by atoms with Crippen LogP contribution in [0.4, 0.5) is 13.2 Å². The van der Waals surface area contributed by atoms with Crippen molar-refractivity contribution in [3.8, 4) is 0 Å². The van der Waals surface area contributed by atoms with E-state index in [-0.39, 0.29) is 6.61 Å². The number of halogens is 3. The maximum absolute atomic E-state index is 12.1. The molecular formula is C21H33F3N4O2. The highest BCUT2D eigenvalue weighted by molar-refractivity contribution is 5.79. The molecule has 0 amide bonds. The molecule has 0 atom stereocenters. The number of hydrogen-bond acceptors (Lipinski definition) is 4. The van der Waals surface area contributed by atoms with Crippen LogP contribution in [0.2, 0.25) is 0 Å². The Balaban J connectivity index is 1.68. The van der Waals surface area contributed by atoms with Crippen molar-refractivity contribution in [2.75, 3.05) is 52.5 Å². The summed E-state index contributed by atoms with van der Waals surface area (Å²) < 4.78 is 46.4. The molecule has 0 radical (unpaired) electrons. The zero-order valence-corrected chi connectivity index (χ0v) is 17.6. The van der Waals surface area contributed by atoms with E-state index in [1.807, 2.05) is 19.1 Å². The molecule has 0 unspecified atom stereocenters. The third-order valence-corrected chi connectivity index (χ3v) is 4.62. The number of morpholine rings is 1. The van der Waals surface area contributed by atoms with Gasteiger partial charge in [-0.25, -0.2) is 4.99 Å². The molecule has 0 spiro atoms. The third-order valence-electron chi connectivity index (χ3n) is 4.62. The van der Waals surface area contributed by atoms with E-state index in [9.17, 15) is 13.2 Å². The number of rotatable bonds is 11. The molecule has 0 aliphatic carbocycles. The highest BCUT2D eigenvalue weighted by atomic mass is 19.4. The van der Waals surface area contributed by atoms with E-state index in [0.717, 1.165) is 70.3 Å². The second kappa shape index (κ2) is 13.5. The van der Waals surface area contributed by atoms with E-state index in [2.05, 4.69) is 25.3 Å². The Bertz CT molecular complexity index is 618. The van der Waals surface area contributed by atoms with Gasteiger partial charge in [-0.3, -0.25) is 4.90 Å². The minimum absolute atomic E-state index is 0.0578. The van der Waals surface area contributed by atoms with E-state index in [0.29, 0.717) is 12.1 Å². The van der Waals surface area contributed by atoms with Crippen LogP contribution in [-0.2, 0) is 22.6 Å². The second-order valence-corrected chi connectivity index (χ2v) is 7.21. The molecule has 1 aliphatic heterocycles. The lowest BCUT2D eigenvalue weighted by Crippen LogP contribution is -2.39. The Kier molecular flexibility index (Phi) is 11.0. The van der Waals surface area contributed by atoms with Crippen molar-refractivity contribution in [1.82, 2.24) is 15.5 Å². The van der Waals surface area contributed by atoms with Gasteiger partial charge in [-0.1, -0.05) is 24.3 Å². The predicted molar refractivity (Wildman–Crippen MR) is 111 cm³/mol. The summed E-state index contributed by atoms with van der Waals surface area (Å²) in [5.74, 6) is 0.765. The summed E-state index contributed by atoms with van der Waals surface area (Å²) in [6.07, 6.45) is -2.11. The first-order chi connectivity index (χ1) is 14.5. The van der Waals surface area contributed by atoms with Crippen LogP contribution in [0.5, 0.6) is 0 Å². The van der Waals surface area contributed by atoms with Crippen LogP contribution in [-0.4, -0.2) is 69.6 Å². The molecule has 1 aromatic rings. The zero-order chi connectivity index (χ0) is 21.7. The number of ether oxygens (including phenoxy) is 2. The Morgan fingerprint density at radius 2 is 1.80 bits per heavy atom. The molecule has 0 saturated carbocycles. The van der Waals surface area contributed by atoms with Gasteiger partial charge in [0, 0.05) is 26.2 Å². The van der Waals surface area contributed by atoms with Gasteiger partial charge in [0.2, 0.25) is 0 Å². The van der Waals surface area contributed by atoms with Crippen LogP contribution in [0.15, 0.2) is 29.3 Å². The van der Waals surface area contributed by atoms with Crippen molar-refractivity contribution in [3.05, 3.63) is 35.4 Å². The number of unbranched alkanes of at least 4 members (excludes halogenated alkanes) is 1. The molecule has 9 heteroatoms. The number of hydrogen-bond donors (Lipinski definition) is 2. The summed E-state index contributed by atoms with van der Waals surface area (Å²) in [6.45, 7) is 7.64. The zero-order valence-electron chi connectivity index (χ0n) is 17.6. The van der Waals surface area contributed by atoms with E-state index in [4.69, 9.17) is 4.74 Å². The van der Waals surface area contributed by atoms with E-state index >= 15 is 0 Å². The minimum atomic E-state index is -4.30. The fourth-order valence-electron chi connectivity index (χ4n) is 3.03. The summed E-state index contributed by atoms with van der Waals surface area (Å²) in [4.78, 5) is 7.01. The molecule has 0 bridgehead atoms. The van der Waals surface area contributed by atoms with Gasteiger partial charge in [-0.2, -0.15) is 13.2 Å². The van der Waals surface area contributed by atoms with Gasteiger partial charge in [0.25, 0.3) is 0 Å². The third kappa shape index (κ3) is 10.8. The fourth-order valence-corrected chi connectivity index (χ4v) is 3.03. The summed E-state index contributed by atoms with van der Waals surface area (Å²) in [5.41, 5.74) is 1.69. The van der Waals surface area contributed by atoms with E-state index in [1.165, 1.54) is 0 Å². The molecule has 0 aromatic heterocycles. The largest absolute Gasteiger partial charge is 0.411 e. The predicted octanol–water partition coefficient (Wildman–Crippen LogP) is 2.93. The lowest BCUT2D eigenvalue weighted by Gasteiger charge is -2.26. The minimum Gasteiger partial charge on any atom is -0.379 e. The van der Waals surface area contributed by atoms with Crippen molar-refractivity contribution in [2.45, 2.75) is 39.1 Å². The molecular weight excluding hydrogens is 397 g/mol. The molecule has 2 N–H and O–H groups in total. The monoisotopic (exact) mass is 430 g/mol. The lowest BCUT2D eigenvalue weighted by atomic mass is 10.1. The van der Waals surface area contributed by atoms with Crippen LogP contribution in [0.3, 0.4) is 0 Å². The van der Waals surface area contributed by atoms with Crippen LogP contribution in [0.1, 0.15) is 30.9 Å². The molecule has 6 nitrogen and oxygen atoms in total. The summed E-state index contributed by atoms with van der Waals surface area (Å²) in [6, 6.07) is 7.27. The summed E-state index contributed by atoms with van der Waals surface area (Å²) in [7, 11) is 0. The van der Waals surface area contributed by atoms with Crippen LogP contribution < -0.4 is 10.6 Å². The van der Waals surface area contributed by atoms with E-state index < -0.39 is 12.8 Å². The Hall–Kier alpha value is -1.84. The highest BCUT2D eigenvalue weighted by Gasteiger charge is 2.27. The molecule has 2 rings (SSSR count).